The van der Waals surface area contributed by atoms with Gasteiger partial charge in [-0.2, -0.15) is 0 Å². The molecule has 0 amide bonds. The molecule has 0 radical (unpaired) electrons. The third-order valence-electron chi connectivity index (χ3n) is 2.57. The predicted molar refractivity (Wildman–Crippen MR) is 74.5 cm³/mol. The highest BCUT2D eigenvalue weighted by molar-refractivity contribution is 9.10. The summed E-state index contributed by atoms with van der Waals surface area (Å²) < 4.78 is 6.90. The molecular formula is C14H14BrNO. The fraction of sp³-hybridized carbons (Fsp3) is 0.143. The van der Waals surface area contributed by atoms with Gasteiger partial charge < -0.3 is 10.5 Å². The van der Waals surface area contributed by atoms with Crippen LogP contribution in [0.5, 0.6) is 11.5 Å². The second-order valence-corrected chi connectivity index (χ2v) is 4.95. The van der Waals surface area contributed by atoms with E-state index in [1.807, 2.05) is 50.2 Å². The van der Waals surface area contributed by atoms with E-state index in [-0.39, 0.29) is 0 Å². The second-order valence-electron chi connectivity index (χ2n) is 4.04. The topological polar surface area (TPSA) is 35.2 Å². The second kappa shape index (κ2) is 4.80. The van der Waals surface area contributed by atoms with E-state index in [1.165, 1.54) is 0 Å². The van der Waals surface area contributed by atoms with Crippen LogP contribution in [0.1, 0.15) is 11.1 Å². The lowest BCUT2D eigenvalue weighted by Crippen LogP contribution is -1.92. The van der Waals surface area contributed by atoms with Crippen molar-refractivity contribution in [3.05, 3.63) is 52.0 Å². The predicted octanol–water partition coefficient (Wildman–Crippen LogP) is 4.44. The zero-order valence-electron chi connectivity index (χ0n) is 9.83. The number of hydrogen-bond acceptors (Lipinski definition) is 2. The molecule has 0 aliphatic heterocycles. The average Bonchev–Trinajstić information content (AvgIpc) is 2.27. The monoisotopic (exact) mass is 291 g/mol. The molecule has 0 heterocycles. The number of halogens is 1. The molecule has 0 aliphatic rings. The summed E-state index contributed by atoms with van der Waals surface area (Å²) in [7, 11) is 0. The Labute approximate surface area is 110 Å². The van der Waals surface area contributed by atoms with Gasteiger partial charge in [0.05, 0.1) is 0 Å². The van der Waals surface area contributed by atoms with Crippen molar-refractivity contribution in [3.63, 3.8) is 0 Å². The average molecular weight is 292 g/mol. The van der Waals surface area contributed by atoms with Crippen molar-refractivity contribution in [3.8, 4) is 11.5 Å². The molecule has 2 aromatic rings. The molecule has 2 rings (SSSR count). The van der Waals surface area contributed by atoms with Gasteiger partial charge in [0, 0.05) is 10.2 Å². The molecule has 2 N–H and O–H groups in total. The molecule has 0 atom stereocenters. The van der Waals surface area contributed by atoms with Gasteiger partial charge in [-0.3, -0.25) is 0 Å². The number of ether oxygens (including phenoxy) is 1. The van der Waals surface area contributed by atoms with Gasteiger partial charge in [-0.1, -0.05) is 22.0 Å². The third-order valence-corrected chi connectivity index (χ3v) is 3.06. The standard InChI is InChI=1S/C14H14BrNO/c1-9-3-4-11(15)8-14(9)17-13-6-5-12(16)7-10(13)2/h3-8H,16H2,1-2H3. The Morgan fingerprint density at radius 2 is 1.71 bits per heavy atom. The first-order valence-electron chi connectivity index (χ1n) is 5.36. The van der Waals surface area contributed by atoms with Crippen LogP contribution in [0.4, 0.5) is 5.69 Å². The first kappa shape index (κ1) is 12.0. The van der Waals surface area contributed by atoms with Crippen LogP contribution in [0.3, 0.4) is 0 Å². The van der Waals surface area contributed by atoms with Gasteiger partial charge in [0.1, 0.15) is 11.5 Å². The van der Waals surface area contributed by atoms with Crippen LogP contribution in [-0.2, 0) is 0 Å². The van der Waals surface area contributed by atoms with Crippen molar-refractivity contribution >= 4 is 21.6 Å². The highest BCUT2D eigenvalue weighted by Crippen LogP contribution is 2.30. The summed E-state index contributed by atoms with van der Waals surface area (Å²) in [5.74, 6) is 1.69. The van der Waals surface area contributed by atoms with E-state index in [0.29, 0.717) is 0 Å². The fourth-order valence-corrected chi connectivity index (χ4v) is 1.93. The maximum Gasteiger partial charge on any atom is 0.131 e. The molecular weight excluding hydrogens is 278 g/mol. The Bertz CT molecular complexity index is 552. The number of rotatable bonds is 2. The van der Waals surface area contributed by atoms with Crippen molar-refractivity contribution in [1.29, 1.82) is 0 Å². The van der Waals surface area contributed by atoms with Gasteiger partial charge in [-0.15, -0.1) is 0 Å². The molecule has 0 bridgehead atoms. The molecule has 3 heteroatoms. The fourth-order valence-electron chi connectivity index (χ4n) is 1.59. The van der Waals surface area contributed by atoms with Crippen LogP contribution >= 0.6 is 15.9 Å². The molecule has 0 aliphatic carbocycles. The number of aryl methyl sites for hydroxylation is 2. The van der Waals surface area contributed by atoms with Crippen LogP contribution in [0, 0.1) is 13.8 Å². The molecule has 0 saturated heterocycles. The maximum atomic E-state index is 5.89. The normalized spacial score (nSPS) is 10.3. The van der Waals surface area contributed by atoms with Crippen LogP contribution in [0.25, 0.3) is 0 Å². The van der Waals surface area contributed by atoms with Crippen molar-refractivity contribution in [2.45, 2.75) is 13.8 Å². The number of anilines is 1. The van der Waals surface area contributed by atoms with Crippen LogP contribution in [-0.4, -0.2) is 0 Å². The van der Waals surface area contributed by atoms with E-state index in [2.05, 4.69) is 15.9 Å². The van der Waals surface area contributed by atoms with Crippen molar-refractivity contribution in [1.82, 2.24) is 0 Å². The number of benzene rings is 2. The van der Waals surface area contributed by atoms with Crippen LogP contribution in [0.15, 0.2) is 40.9 Å². The van der Waals surface area contributed by atoms with Crippen molar-refractivity contribution < 1.29 is 4.74 Å². The molecule has 0 unspecified atom stereocenters. The summed E-state index contributed by atoms with van der Waals surface area (Å²) in [5, 5.41) is 0. The zero-order chi connectivity index (χ0) is 12.4. The lowest BCUT2D eigenvalue weighted by molar-refractivity contribution is 0.475. The molecule has 0 saturated carbocycles. The number of nitrogens with two attached hydrogens (primary N) is 1. The lowest BCUT2D eigenvalue weighted by atomic mass is 10.2. The quantitative estimate of drug-likeness (QED) is 0.830. The Kier molecular flexibility index (Phi) is 3.38. The molecule has 2 nitrogen and oxygen atoms in total. The Balaban J connectivity index is 2.34. The minimum atomic E-state index is 0.751. The van der Waals surface area contributed by atoms with Crippen LogP contribution in [0.2, 0.25) is 0 Å². The van der Waals surface area contributed by atoms with E-state index in [4.69, 9.17) is 10.5 Å². The smallest absolute Gasteiger partial charge is 0.131 e. The summed E-state index contributed by atoms with van der Waals surface area (Å²) in [4.78, 5) is 0. The van der Waals surface area contributed by atoms with E-state index >= 15 is 0 Å². The molecule has 2 aromatic carbocycles. The van der Waals surface area contributed by atoms with Gasteiger partial charge in [-0.25, -0.2) is 0 Å². The Hall–Kier alpha value is -1.48. The van der Waals surface area contributed by atoms with Crippen LogP contribution < -0.4 is 10.5 Å². The van der Waals surface area contributed by atoms with Gasteiger partial charge >= 0.3 is 0 Å². The Morgan fingerprint density at radius 1 is 0.941 bits per heavy atom. The highest BCUT2D eigenvalue weighted by Gasteiger charge is 2.05. The van der Waals surface area contributed by atoms with Gasteiger partial charge in [-0.05, 0) is 55.3 Å². The maximum absolute atomic E-state index is 5.89. The van der Waals surface area contributed by atoms with E-state index in [0.717, 1.165) is 32.8 Å². The van der Waals surface area contributed by atoms with Gasteiger partial charge in [0.25, 0.3) is 0 Å². The Morgan fingerprint density at radius 3 is 2.41 bits per heavy atom. The summed E-state index contributed by atoms with van der Waals surface area (Å²) in [6.07, 6.45) is 0. The summed E-state index contributed by atoms with van der Waals surface area (Å²) in [5.41, 5.74) is 8.60. The molecule has 0 aromatic heterocycles. The van der Waals surface area contributed by atoms with Crippen molar-refractivity contribution in [2.75, 3.05) is 5.73 Å². The first-order valence-corrected chi connectivity index (χ1v) is 6.15. The minimum Gasteiger partial charge on any atom is -0.457 e. The minimum absolute atomic E-state index is 0.751. The third kappa shape index (κ3) is 2.80. The summed E-state index contributed by atoms with van der Waals surface area (Å²) in [6, 6.07) is 11.6. The molecule has 17 heavy (non-hydrogen) atoms. The first-order chi connectivity index (χ1) is 8.06. The summed E-state index contributed by atoms with van der Waals surface area (Å²) in [6.45, 7) is 4.01. The van der Waals surface area contributed by atoms with Crippen molar-refractivity contribution in [2.24, 2.45) is 0 Å². The van der Waals surface area contributed by atoms with Gasteiger partial charge in [0.2, 0.25) is 0 Å². The van der Waals surface area contributed by atoms with Gasteiger partial charge in [0.15, 0.2) is 0 Å². The van der Waals surface area contributed by atoms with E-state index in [1.54, 1.807) is 0 Å². The zero-order valence-corrected chi connectivity index (χ0v) is 11.4. The molecule has 0 fully saturated rings. The highest BCUT2D eigenvalue weighted by atomic mass is 79.9. The molecule has 88 valence electrons. The SMILES string of the molecule is Cc1cc(N)ccc1Oc1cc(Br)ccc1C. The number of nitrogen functional groups attached to an aromatic ring is 1. The summed E-state index contributed by atoms with van der Waals surface area (Å²) >= 11 is 3.44. The lowest BCUT2D eigenvalue weighted by Gasteiger charge is -2.11. The van der Waals surface area contributed by atoms with E-state index in [9.17, 15) is 0 Å². The largest absolute Gasteiger partial charge is 0.457 e. The number of hydrogen-bond donors (Lipinski definition) is 1. The van der Waals surface area contributed by atoms with E-state index < -0.39 is 0 Å². The molecule has 0 spiro atoms.